The van der Waals surface area contributed by atoms with Gasteiger partial charge in [-0.1, -0.05) is 60.7 Å². The molecular formula is C49H36N6O. The molecule has 6 aromatic heterocycles. The fourth-order valence-electron chi connectivity index (χ4n) is 6.92. The molecule has 0 aliphatic carbocycles. The van der Waals surface area contributed by atoms with Gasteiger partial charge in [-0.25, -0.2) is 15.0 Å². The molecule has 0 saturated heterocycles. The predicted octanol–water partition coefficient (Wildman–Crippen LogP) is 11.6. The molecule has 0 aliphatic rings. The van der Waals surface area contributed by atoms with Gasteiger partial charge in [-0.3, -0.25) is 15.0 Å². The zero-order valence-corrected chi connectivity index (χ0v) is 31.2. The van der Waals surface area contributed by atoms with Crippen molar-refractivity contribution >= 4 is 43.6 Å². The maximum atomic E-state index is 5.20. The number of ether oxygens (including phenoxy) is 1. The maximum Gasteiger partial charge on any atom is 0.213 e. The van der Waals surface area contributed by atoms with E-state index in [4.69, 9.17) is 14.7 Å². The quantitative estimate of drug-likeness (QED) is 0.175. The third-order valence-electron chi connectivity index (χ3n) is 9.98. The summed E-state index contributed by atoms with van der Waals surface area (Å²) in [5.41, 5.74) is 14.2. The van der Waals surface area contributed by atoms with Crippen molar-refractivity contribution in [3.05, 3.63) is 176 Å². The summed E-state index contributed by atoms with van der Waals surface area (Å²) in [6, 6.07) is 49.7. The van der Waals surface area contributed by atoms with E-state index in [1.54, 1.807) is 7.11 Å². The molecule has 0 unspecified atom stereocenters. The molecule has 268 valence electrons. The smallest absolute Gasteiger partial charge is 0.213 e. The minimum absolute atomic E-state index is 0.612. The summed E-state index contributed by atoms with van der Waals surface area (Å²) >= 11 is 0. The van der Waals surface area contributed by atoms with Crippen molar-refractivity contribution in [2.75, 3.05) is 7.11 Å². The standard InChI is InChI=1S/C25H19N3O.C24H17N3/c1-16-21(9-12-25(27-16)29-2)24-11-8-19-13-17(7-10-23(19)28-24)20-14-18-5-3-4-6-22(18)26-15-20;1-16-6-7-20(14-25-16)24-11-9-19-12-17(8-10-23(19)27-24)21-13-18-4-2-3-5-22(18)26-15-21/h3-15H,1-2H3;2-15H,1H3. The SMILES string of the molecule is COc1ccc(-c2ccc3cc(-c4cnc5ccccc5c4)ccc3n2)c(C)n1.Cc1ccc(-c2ccc3cc(-c4cnc5ccccc5c4)ccc3n2)cn1. The zero-order chi connectivity index (χ0) is 38.0. The van der Waals surface area contributed by atoms with Gasteiger partial charge in [-0.15, -0.1) is 0 Å². The van der Waals surface area contributed by atoms with Crippen molar-refractivity contribution in [3.8, 4) is 50.6 Å². The van der Waals surface area contributed by atoms with Crippen LogP contribution in [0.4, 0.5) is 0 Å². The third-order valence-corrected chi connectivity index (χ3v) is 9.98. The van der Waals surface area contributed by atoms with Crippen molar-refractivity contribution in [2.45, 2.75) is 13.8 Å². The number of benzene rings is 4. The minimum atomic E-state index is 0.612. The normalized spacial score (nSPS) is 11.1. The Bertz CT molecular complexity index is 3050. The highest BCUT2D eigenvalue weighted by Gasteiger charge is 2.10. The number of para-hydroxylation sites is 2. The van der Waals surface area contributed by atoms with Crippen LogP contribution in [0.25, 0.3) is 88.4 Å². The first-order valence-electron chi connectivity index (χ1n) is 18.4. The molecule has 4 aromatic carbocycles. The molecule has 10 rings (SSSR count). The summed E-state index contributed by atoms with van der Waals surface area (Å²) in [5.74, 6) is 0.612. The van der Waals surface area contributed by atoms with E-state index in [9.17, 15) is 0 Å². The van der Waals surface area contributed by atoms with Crippen molar-refractivity contribution < 1.29 is 4.74 Å². The second-order valence-corrected chi connectivity index (χ2v) is 13.7. The number of nitrogens with zero attached hydrogens (tertiary/aromatic N) is 6. The van der Waals surface area contributed by atoms with Gasteiger partial charge < -0.3 is 4.74 Å². The van der Waals surface area contributed by atoms with E-state index < -0.39 is 0 Å². The molecule has 0 spiro atoms. The molecule has 0 fully saturated rings. The van der Waals surface area contributed by atoms with Crippen LogP contribution in [0.5, 0.6) is 5.88 Å². The molecule has 0 N–H and O–H groups in total. The van der Waals surface area contributed by atoms with Gasteiger partial charge >= 0.3 is 0 Å². The number of fused-ring (bicyclic) bond motifs is 4. The predicted molar refractivity (Wildman–Crippen MR) is 227 cm³/mol. The minimum Gasteiger partial charge on any atom is -0.481 e. The highest BCUT2D eigenvalue weighted by Crippen LogP contribution is 2.30. The number of aromatic nitrogens is 6. The summed E-state index contributed by atoms with van der Waals surface area (Å²) < 4.78 is 5.20. The lowest BCUT2D eigenvalue weighted by Crippen LogP contribution is -1.94. The van der Waals surface area contributed by atoms with Crippen LogP contribution in [0.15, 0.2) is 164 Å². The van der Waals surface area contributed by atoms with E-state index in [0.29, 0.717) is 5.88 Å². The lowest BCUT2D eigenvalue weighted by molar-refractivity contribution is 0.397. The Morgan fingerprint density at radius 1 is 0.393 bits per heavy atom. The van der Waals surface area contributed by atoms with Gasteiger partial charge in [0.2, 0.25) is 5.88 Å². The van der Waals surface area contributed by atoms with Gasteiger partial charge in [0.1, 0.15) is 0 Å². The lowest BCUT2D eigenvalue weighted by atomic mass is 10.0. The Morgan fingerprint density at radius 2 is 0.911 bits per heavy atom. The van der Waals surface area contributed by atoms with E-state index in [1.165, 1.54) is 0 Å². The number of hydrogen-bond donors (Lipinski definition) is 0. The summed E-state index contributed by atoms with van der Waals surface area (Å²) in [6.07, 6.45) is 5.74. The average molecular weight is 725 g/mol. The number of pyridine rings is 6. The fraction of sp³-hybridized carbons (Fsp3) is 0.0612. The third kappa shape index (κ3) is 7.01. The number of aryl methyl sites for hydroxylation is 2. The Kier molecular flexibility index (Phi) is 9.09. The van der Waals surface area contributed by atoms with Gasteiger partial charge in [0, 0.05) is 74.1 Å². The summed E-state index contributed by atoms with van der Waals surface area (Å²) in [7, 11) is 1.62. The van der Waals surface area contributed by atoms with Crippen molar-refractivity contribution in [2.24, 2.45) is 0 Å². The van der Waals surface area contributed by atoms with Crippen LogP contribution in [-0.2, 0) is 0 Å². The summed E-state index contributed by atoms with van der Waals surface area (Å²) in [5, 5.41) is 4.50. The molecule has 7 heteroatoms. The highest BCUT2D eigenvalue weighted by molar-refractivity contribution is 5.90. The van der Waals surface area contributed by atoms with E-state index in [0.717, 1.165) is 99.8 Å². The summed E-state index contributed by atoms with van der Waals surface area (Å²) in [4.78, 5) is 27.6. The molecular weight excluding hydrogens is 689 g/mol. The average Bonchev–Trinajstić information content (AvgIpc) is 3.25. The van der Waals surface area contributed by atoms with E-state index in [2.05, 4.69) is 105 Å². The monoisotopic (exact) mass is 724 g/mol. The van der Waals surface area contributed by atoms with E-state index in [1.807, 2.05) is 93.1 Å². The molecule has 7 nitrogen and oxygen atoms in total. The highest BCUT2D eigenvalue weighted by atomic mass is 16.5. The first-order chi connectivity index (χ1) is 27.5. The van der Waals surface area contributed by atoms with Gasteiger partial charge in [0.25, 0.3) is 0 Å². The lowest BCUT2D eigenvalue weighted by Gasteiger charge is -2.09. The zero-order valence-electron chi connectivity index (χ0n) is 31.2. The van der Waals surface area contributed by atoms with Gasteiger partial charge in [-0.05, 0) is 104 Å². The van der Waals surface area contributed by atoms with E-state index >= 15 is 0 Å². The van der Waals surface area contributed by atoms with Crippen LogP contribution in [0.2, 0.25) is 0 Å². The topological polar surface area (TPSA) is 86.6 Å². The van der Waals surface area contributed by atoms with Crippen LogP contribution in [0.1, 0.15) is 11.4 Å². The van der Waals surface area contributed by atoms with Crippen LogP contribution >= 0.6 is 0 Å². The Hall–Kier alpha value is -7.38. The molecule has 0 amide bonds. The van der Waals surface area contributed by atoms with Crippen LogP contribution in [-0.4, -0.2) is 37.0 Å². The van der Waals surface area contributed by atoms with Crippen LogP contribution < -0.4 is 4.74 Å². The second-order valence-electron chi connectivity index (χ2n) is 13.7. The Labute approximate surface area is 324 Å². The fourth-order valence-corrected chi connectivity index (χ4v) is 6.92. The van der Waals surface area contributed by atoms with E-state index in [-0.39, 0.29) is 0 Å². The second kappa shape index (κ2) is 14.8. The van der Waals surface area contributed by atoms with Crippen molar-refractivity contribution in [3.63, 3.8) is 0 Å². The first kappa shape index (κ1) is 34.4. The number of methoxy groups -OCH3 is 1. The molecule has 0 radical (unpaired) electrons. The Balaban J connectivity index is 0.000000147. The Morgan fingerprint density at radius 3 is 1.48 bits per heavy atom. The van der Waals surface area contributed by atoms with Crippen LogP contribution in [0, 0.1) is 13.8 Å². The molecule has 0 bridgehead atoms. The molecule has 6 heterocycles. The largest absolute Gasteiger partial charge is 0.481 e. The molecule has 10 aromatic rings. The number of hydrogen-bond acceptors (Lipinski definition) is 7. The molecule has 0 aliphatic heterocycles. The van der Waals surface area contributed by atoms with Crippen molar-refractivity contribution in [1.82, 2.24) is 29.9 Å². The van der Waals surface area contributed by atoms with Gasteiger partial charge in [-0.2, -0.15) is 0 Å². The first-order valence-corrected chi connectivity index (χ1v) is 18.4. The maximum absolute atomic E-state index is 5.20. The summed E-state index contributed by atoms with van der Waals surface area (Å²) in [6.45, 7) is 3.96. The molecule has 0 saturated carbocycles. The van der Waals surface area contributed by atoms with Gasteiger partial charge in [0.05, 0.1) is 46.3 Å². The molecule has 0 atom stereocenters. The van der Waals surface area contributed by atoms with Crippen LogP contribution in [0.3, 0.4) is 0 Å². The van der Waals surface area contributed by atoms with Gasteiger partial charge in [0.15, 0.2) is 0 Å². The number of rotatable bonds is 5. The van der Waals surface area contributed by atoms with Crippen molar-refractivity contribution in [1.29, 1.82) is 0 Å². The molecule has 56 heavy (non-hydrogen) atoms.